The first-order valence-electron chi connectivity index (χ1n) is 4.63. The Labute approximate surface area is 99.1 Å². The summed E-state index contributed by atoms with van der Waals surface area (Å²) >= 11 is 5.47. The van der Waals surface area contributed by atoms with Gasteiger partial charge in [-0.2, -0.15) is 8.70 Å². The Morgan fingerprint density at radius 3 is 2.75 bits per heavy atom. The van der Waals surface area contributed by atoms with Crippen molar-refractivity contribution >= 4 is 21.6 Å². The summed E-state index contributed by atoms with van der Waals surface area (Å²) in [5, 5.41) is -0.287. The van der Waals surface area contributed by atoms with Gasteiger partial charge in [-0.25, -0.2) is 13.4 Å². The third kappa shape index (κ3) is 3.13. The maximum absolute atomic E-state index is 12.8. The molecular formula is C9H12ClFN2O2S. The predicted molar refractivity (Wildman–Crippen MR) is 59.3 cm³/mol. The Hall–Kier alpha value is -0.720. The van der Waals surface area contributed by atoms with Crippen molar-refractivity contribution in [3.63, 3.8) is 0 Å². The molecule has 0 radical (unpaired) electrons. The molecule has 1 heterocycles. The molecule has 0 N–H and O–H groups in total. The number of hydrogen-bond acceptors (Lipinski definition) is 3. The highest BCUT2D eigenvalue weighted by molar-refractivity contribution is 7.89. The molecule has 0 saturated carbocycles. The average Bonchev–Trinajstić information content (AvgIpc) is 2.25. The first kappa shape index (κ1) is 13.3. The quantitative estimate of drug-likeness (QED) is 0.599. The summed E-state index contributed by atoms with van der Waals surface area (Å²) in [7, 11) is -2.30. The minimum absolute atomic E-state index is 0.282. The van der Waals surface area contributed by atoms with Crippen LogP contribution >= 0.6 is 11.6 Å². The van der Waals surface area contributed by atoms with Crippen LogP contribution in [0.1, 0.15) is 6.42 Å². The summed E-state index contributed by atoms with van der Waals surface area (Å²) < 4.78 is 37.6. The van der Waals surface area contributed by atoms with Gasteiger partial charge >= 0.3 is 0 Å². The minimum atomic E-state index is -3.71. The molecule has 0 aliphatic rings. The van der Waals surface area contributed by atoms with Gasteiger partial charge in [0.15, 0.2) is 5.03 Å². The van der Waals surface area contributed by atoms with Gasteiger partial charge in [-0.1, -0.05) is 6.07 Å². The molecule has 0 aliphatic heterocycles. The summed E-state index contributed by atoms with van der Waals surface area (Å²) in [6.07, 6.45) is 0.534. The van der Waals surface area contributed by atoms with Gasteiger partial charge < -0.3 is 0 Å². The number of nitrogens with zero attached hydrogens (tertiary/aromatic N) is 2. The van der Waals surface area contributed by atoms with Crippen LogP contribution < -0.4 is 0 Å². The lowest BCUT2D eigenvalue weighted by atomic mass is 10.5. The maximum Gasteiger partial charge on any atom is 0.260 e. The van der Waals surface area contributed by atoms with Gasteiger partial charge in [-0.3, -0.25) is 0 Å². The first-order chi connectivity index (χ1) is 7.48. The number of rotatable bonds is 5. The average molecular weight is 267 g/mol. The van der Waals surface area contributed by atoms with Crippen molar-refractivity contribution in [2.45, 2.75) is 11.4 Å². The fourth-order valence-electron chi connectivity index (χ4n) is 1.10. The molecule has 0 aromatic carbocycles. The topological polar surface area (TPSA) is 50.3 Å². The van der Waals surface area contributed by atoms with Gasteiger partial charge in [-0.05, 0) is 18.6 Å². The third-order valence-corrected chi connectivity index (χ3v) is 4.00. The Kier molecular flexibility index (Phi) is 4.64. The van der Waals surface area contributed by atoms with Crippen LogP contribution in [0, 0.1) is 5.95 Å². The molecule has 0 bridgehead atoms. The van der Waals surface area contributed by atoms with E-state index in [0.717, 1.165) is 10.4 Å². The van der Waals surface area contributed by atoms with Crippen molar-refractivity contribution in [3.8, 4) is 0 Å². The lowest BCUT2D eigenvalue weighted by Crippen LogP contribution is -2.29. The highest BCUT2D eigenvalue weighted by Crippen LogP contribution is 2.12. The van der Waals surface area contributed by atoms with E-state index in [1.54, 1.807) is 0 Å². The molecule has 90 valence electrons. The Morgan fingerprint density at radius 2 is 2.19 bits per heavy atom. The van der Waals surface area contributed by atoms with E-state index in [9.17, 15) is 12.8 Å². The number of hydrogen-bond donors (Lipinski definition) is 0. The van der Waals surface area contributed by atoms with Gasteiger partial charge in [0.05, 0.1) is 0 Å². The van der Waals surface area contributed by atoms with E-state index in [1.807, 2.05) is 0 Å². The Balaban J connectivity index is 2.93. The molecular weight excluding hydrogens is 255 g/mol. The number of halogens is 2. The van der Waals surface area contributed by atoms with Crippen LogP contribution in [-0.4, -0.2) is 37.2 Å². The molecule has 0 amide bonds. The molecule has 1 aromatic rings. The van der Waals surface area contributed by atoms with E-state index in [4.69, 9.17) is 11.6 Å². The van der Waals surface area contributed by atoms with Crippen molar-refractivity contribution < 1.29 is 12.8 Å². The fourth-order valence-corrected chi connectivity index (χ4v) is 2.36. The third-order valence-electron chi connectivity index (χ3n) is 1.97. The smallest absolute Gasteiger partial charge is 0.206 e. The summed E-state index contributed by atoms with van der Waals surface area (Å²) in [5.41, 5.74) is 0. The molecule has 16 heavy (non-hydrogen) atoms. The van der Waals surface area contributed by atoms with Gasteiger partial charge in [0.1, 0.15) is 0 Å². The molecule has 0 unspecified atom stereocenters. The summed E-state index contributed by atoms with van der Waals surface area (Å²) in [6, 6.07) is 3.66. The van der Waals surface area contributed by atoms with Gasteiger partial charge in [-0.15, -0.1) is 11.6 Å². The second-order valence-electron chi connectivity index (χ2n) is 3.17. The fraction of sp³-hybridized carbons (Fsp3) is 0.444. The number of sulfonamides is 1. The molecule has 7 heteroatoms. The van der Waals surface area contributed by atoms with Crippen molar-refractivity contribution in [2.24, 2.45) is 0 Å². The van der Waals surface area contributed by atoms with E-state index in [-0.39, 0.29) is 11.6 Å². The maximum atomic E-state index is 12.8. The van der Waals surface area contributed by atoms with Gasteiger partial charge in [0.2, 0.25) is 5.95 Å². The van der Waals surface area contributed by atoms with Crippen LogP contribution in [-0.2, 0) is 10.0 Å². The normalized spacial score (nSPS) is 12.0. The van der Waals surface area contributed by atoms with Crippen LogP contribution in [0.2, 0.25) is 0 Å². The molecule has 0 atom stereocenters. The predicted octanol–water partition coefficient (Wildman–Crippen LogP) is 1.47. The zero-order chi connectivity index (χ0) is 12.2. The molecule has 1 aromatic heterocycles. The van der Waals surface area contributed by atoms with E-state index in [2.05, 4.69) is 4.98 Å². The van der Waals surface area contributed by atoms with E-state index < -0.39 is 16.0 Å². The van der Waals surface area contributed by atoms with Crippen molar-refractivity contribution in [1.29, 1.82) is 0 Å². The number of aromatic nitrogens is 1. The van der Waals surface area contributed by atoms with Crippen LogP contribution in [0.25, 0.3) is 0 Å². The van der Waals surface area contributed by atoms with Crippen LogP contribution in [0.15, 0.2) is 23.2 Å². The Bertz CT molecular complexity index is 453. The van der Waals surface area contributed by atoms with E-state index >= 15 is 0 Å². The molecule has 0 spiro atoms. The molecule has 0 saturated heterocycles. The second kappa shape index (κ2) is 5.56. The zero-order valence-electron chi connectivity index (χ0n) is 8.73. The monoisotopic (exact) mass is 266 g/mol. The number of alkyl halides is 1. The van der Waals surface area contributed by atoms with E-state index in [0.29, 0.717) is 12.3 Å². The zero-order valence-corrected chi connectivity index (χ0v) is 10.3. The van der Waals surface area contributed by atoms with Crippen LogP contribution in [0.3, 0.4) is 0 Å². The Morgan fingerprint density at radius 1 is 1.50 bits per heavy atom. The second-order valence-corrected chi connectivity index (χ2v) is 5.54. The van der Waals surface area contributed by atoms with Gasteiger partial charge in [0, 0.05) is 19.5 Å². The van der Waals surface area contributed by atoms with Crippen molar-refractivity contribution in [1.82, 2.24) is 9.29 Å². The largest absolute Gasteiger partial charge is 0.260 e. The van der Waals surface area contributed by atoms with Gasteiger partial charge in [0.25, 0.3) is 10.0 Å². The van der Waals surface area contributed by atoms with Crippen LogP contribution in [0.5, 0.6) is 0 Å². The standard InChI is InChI=1S/C9H12ClFN2O2S/c1-13(7-3-6-10)16(14,15)9-5-2-4-8(11)12-9/h2,4-5H,3,6-7H2,1H3. The molecule has 0 aliphatic carbocycles. The highest BCUT2D eigenvalue weighted by atomic mass is 35.5. The van der Waals surface area contributed by atoms with Crippen molar-refractivity contribution in [2.75, 3.05) is 19.5 Å². The summed E-state index contributed by atoms with van der Waals surface area (Å²) in [4.78, 5) is 3.34. The van der Waals surface area contributed by atoms with E-state index in [1.165, 1.54) is 19.2 Å². The lowest BCUT2D eigenvalue weighted by molar-refractivity contribution is 0.462. The summed E-state index contributed by atoms with van der Waals surface area (Å²) in [6.45, 7) is 0.282. The SMILES string of the molecule is CN(CCCCl)S(=O)(=O)c1cccc(F)n1. The molecule has 1 rings (SSSR count). The van der Waals surface area contributed by atoms with Crippen LogP contribution in [0.4, 0.5) is 4.39 Å². The minimum Gasteiger partial charge on any atom is -0.206 e. The highest BCUT2D eigenvalue weighted by Gasteiger charge is 2.21. The van der Waals surface area contributed by atoms with Crippen molar-refractivity contribution in [3.05, 3.63) is 24.1 Å². The lowest BCUT2D eigenvalue weighted by Gasteiger charge is -2.15. The summed E-state index contributed by atoms with van der Waals surface area (Å²) in [5.74, 6) is -0.442. The molecule has 4 nitrogen and oxygen atoms in total. The number of pyridine rings is 1. The first-order valence-corrected chi connectivity index (χ1v) is 6.61. The molecule has 0 fully saturated rings.